The number of thiocarbonyl (C=S) groups is 1. The Bertz CT molecular complexity index is 774. The molecule has 0 bridgehead atoms. The van der Waals surface area contributed by atoms with Gasteiger partial charge < -0.3 is 20.3 Å². The van der Waals surface area contributed by atoms with E-state index in [-0.39, 0.29) is 29.8 Å². The lowest BCUT2D eigenvalue weighted by molar-refractivity contribution is -0.147. The van der Waals surface area contributed by atoms with Crippen LogP contribution < -0.4 is 10.6 Å². The van der Waals surface area contributed by atoms with Gasteiger partial charge in [0.25, 0.3) is 0 Å². The summed E-state index contributed by atoms with van der Waals surface area (Å²) in [5.41, 5.74) is 0.876. The van der Waals surface area contributed by atoms with Crippen LogP contribution >= 0.6 is 23.8 Å². The summed E-state index contributed by atoms with van der Waals surface area (Å²) >= 11 is 11.5. The zero-order chi connectivity index (χ0) is 21.9. The van der Waals surface area contributed by atoms with Crippen molar-refractivity contribution >= 4 is 46.7 Å². The van der Waals surface area contributed by atoms with E-state index in [0.29, 0.717) is 31.1 Å². The van der Waals surface area contributed by atoms with Gasteiger partial charge in [-0.1, -0.05) is 49.6 Å². The van der Waals surface area contributed by atoms with Crippen LogP contribution in [0.3, 0.4) is 0 Å². The highest BCUT2D eigenvalue weighted by atomic mass is 35.5. The number of halogens is 1. The van der Waals surface area contributed by atoms with Crippen molar-refractivity contribution in [3.05, 3.63) is 34.9 Å². The van der Waals surface area contributed by atoms with Gasteiger partial charge in [-0.25, -0.2) is 0 Å². The minimum Gasteiger partial charge on any atom is -0.466 e. The van der Waals surface area contributed by atoms with Gasteiger partial charge in [-0.05, 0) is 36.7 Å². The third-order valence-electron chi connectivity index (χ3n) is 4.79. The Morgan fingerprint density at radius 2 is 2.10 bits per heavy atom. The van der Waals surface area contributed by atoms with Crippen molar-refractivity contribution in [3.8, 4) is 0 Å². The molecule has 0 saturated carbocycles. The molecule has 1 aliphatic rings. The number of esters is 1. The maximum Gasteiger partial charge on any atom is 0.308 e. The maximum atomic E-state index is 12.3. The van der Waals surface area contributed by atoms with Crippen molar-refractivity contribution in [3.63, 3.8) is 0 Å². The van der Waals surface area contributed by atoms with Gasteiger partial charge in [0.1, 0.15) is 6.04 Å². The summed E-state index contributed by atoms with van der Waals surface area (Å²) in [5.74, 6) is -1.03. The molecule has 9 heteroatoms. The Morgan fingerprint density at radius 1 is 1.33 bits per heavy atom. The summed E-state index contributed by atoms with van der Waals surface area (Å²) < 4.78 is 5.21. The number of nitrogens with one attached hydrogen (secondary N) is 2. The molecule has 7 nitrogen and oxygen atoms in total. The van der Waals surface area contributed by atoms with Crippen molar-refractivity contribution in [2.45, 2.75) is 51.5 Å². The van der Waals surface area contributed by atoms with E-state index in [1.54, 1.807) is 11.0 Å². The van der Waals surface area contributed by atoms with E-state index in [1.807, 2.05) is 18.2 Å². The van der Waals surface area contributed by atoms with Crippen molar-refractivity contribution in [1.82, 2.24) is 15.5 Å². The first-order chi connectivity index (χ1) is 14.4. The number of benzene rings is 1. The number of ether oxygens (including phenoxy) is 1. The fourth-order valence-electron chi connectivity index (χ4n) is 3.12. The van der Waals surface area contributed by atoms with Crippen LogP contribution in [0, 0.1) is 0 Å². The number of aryl methyl sites for hydroxylation is 1. The van der Waals surface area contributed by atoms with Gasteiger partial charge in [0.15, 0.2) is 5.11 Å². The number of carbonyl (C=O) groups excluding carboxylic acids is 3. The van der Waals surface area contributed by atoms with Gasteiger partial charge in [-0.3, -0.25) is 14.4 Å². The minimum absolute atomic E-state index is 0.117. The summed E-state index contributed by atoms with van der Waals surface area (Å²) in [6.45, 7) is 3.19. The third kappa shape index (κ3) is 7.57. The second-order valence-electron chi connectivity index (χ2n) is 7.08. The number of piperazine rings is 1. The molecule has 2 rings (SSSR count). The fraction of sp³-hybridized carbons (Fsp3) is 0.524. The fourth-order valence-corrected chi connectivity index (χ4v) is 3.68. The van der Waals surface area contributed by atoms with Gasteiger partial charge in [0.2, 0.25) is 11.8 Å². The predicted octanol–water partition coefficient (Wildman–Crippen LogP) is 2.60. The quantitative estimate of drug-likeness (QED) is 0.339. The average Bonchev–Trinajstić information content (AvgIpc) is 2.72. The third-order valence-corrected chi connectivity index (χ3v) is 5.49. The lowest BCUT2D eigenvalue weighted by atomic mass is 10.1. The second kappa shape index (κ2) is 12.5. The average molecular weight is 454 g/mol. The van der Waals surface area contributed by atoms with Crippen LogP contribution in [0.25, 0.3) is 0 Å². The van der Waals surface area contributed by atoms with E-state index in [2.05, 4.69) is 17.6 Å². The Hall–Kier alpha value is -2.19. The van der Waals surface area contributed by atoms with Gasteiger partial charge >= 0.3 is 5.97 Å². The molecule has 1 fully saturated rings. The normalized spacial score (nSPS) is 16.0. The smallest absolute Gasteiger partial charge is 0.308 e. The summed E-state index contributed by atoms with van der Waals surface area (Å²) in [6, 6.07) is 6.54. The molecule has 2 amide bonds. The first-order valence-corrected chi connectivity index (χ1v) is 11.0. The number of carbonyl (C=O) groups is 3. The van der Waals surface area contributed by atoms with E-state index < -0.39 is 12.0 Å². The van der Waals surface area contributed by atoms with E-state index in [0.717, 1.165) is 24.8 Å². The first kappa shape index (κ1) is 24.1. The van der Waals surface area contributed by atoms with Crippen LogP contribution in [-0.4, -0.2) is 53.5 Å². The highest BCUT2D eigenvalue weighted by molar-refractivity contribution is 7.80. The lowest BCUT2D eigenvalue weighted by Crippen LogP contribution is -2.60. The lowest BCUT2D eigenvalue weighted by Gasteiger charge is -2.36. The second-order valence-corrected chi connectivity index (χ2v) is 7.87. The van der Waals surface area contributed by atoms with Crippen molar-refractivity contribution < 1.29 is 19.1 Å². The molecular formula is C21H28ClN3O4S. The minimum atomic E-state index is -0.797. The SMILES string of the molecule is CCCCCOC(=O)CC1C(=O)NCCN1C(=S)NC(=O)CCc1ccccc1Cl. The molecule has 1 unspecified atom stereocenters. The van der Waals surface area contributed by atoms with Gasteiger partial charge in [0.05, 0.1) is 13.0 Å². The molecule has 0 aromatic heterocycles. The monoisotopic (exact) mass is 453 g/mol. The zero-order valence-electron chi connectivity index (χ0n) is 17.1. The molecule has 164 valence electrons. The van der Waals surface area contributed by atoms with Crippen molar-refractivity contribution in [1.29, 1.82) is 0 Å². The first-order valence-electron chi connectivity index (χ1n) is 10.2. The Morgan fingerprint density at radius 3 is 2.83 bits per heavy atom. The Balaban J connectivity index is 1.88. The van der Waals surface area contributed by atoms with E-state index >= 15 is 0 Å². The van der Waals surface area contributed by atoms with E-state index in [4.69, 9.17) is 28.6 Å². The molecule has 0 radical (unpaired) electrons. The van der Waals surface area contributed by atoms with Crippen LogP contribution in [0.1, 0.15) is 44.6 Å². The van der Waals surface area contributed by atoms with Crippen LogP contribution in [0.5, 0.6) is 0 Å². The molecule has 1 aromatic carbocycles. The summed E-state index contributed by atoms with van der Waals surface area (Å²) in [4.78, 5) is 38.3. The molecule has 2 N–H and O–H groups in total. The van der Waals surface area contributed by atoms with Crippen LogP contribution in [0.15, 0.2) is 24.3 Å². The predicted molar refractivity (Wildman–Crippen MR) is 119 cm³/mol. The maximum absolute atomic E-state index is 12.3. The summed E-state index contributed by atoms with van der Waals surface area (Å²) in [7, 11) is 0. The van der Waals surface area contributed by atoms with Gasteiger partial charge in [0, 0.05) is 24.5 Å². The molecule has 0 aliphatic carbocycles. The number of hydrogen-bond acceptors (Lipinski definition) is 5. The van der Waals surface area contributed by atoms with E-state index in [9.17, 15) is 14.4 Å². The van der Waals surface area contributed by atoms with Crippen LogP contribution in [-0.2, 0) is 25.5 Å². The molecule has 1 heterocycles. The van der Waals surface area contributed by atoms with Crippen molar-refractivity contribution in [2.24, 2.45) is 0 Å². The van der Waals surface area contributed by atoms with Crippen molar-refractivity contribution in [2.75, 3.05) is 19.7 Å². The standard InChI is InChI=1S/C21H28ClN3O4S/c1-2-3-6-13-29-19(27)14-17-20(28)23-11-12-25(17)21(30)24-18(26)10-9-15-7-4-5-8-16(15)22/h4-5,7-8,17H,2-3,6,9-14H2,1H3,(H,23,28)(H,24,26,30). The summed E-state index contributed by atoms with van der Waals surface area (Å²) in [5, 5.41) is 6.14. The highest BCUT2D eigenvalue weighted by Crippen LogP contribution is 2.16. The highest BCUT2D eigenvalue weighted by Gasteiger charge is 2.34. The van der Waals surface area contributed by atoms with Gasteiger partial charge in [-0.2, -0.15) is 0 Å². The summed E-state index contributed by atoms with van der Waals surface area (Å²) in [6.07, 6.45) is 3.36. The zero-order valence-corrected chi connectivity index (χ0v) is 18.7. The number of rotatable bonds is 9. The molecule has 1 atom stereocenters. The Labute approximate surface area is 187 Å². The number of amides is 2. The number of nitrogens with zero attached hydrogens (tertiary/aromatic N) is 1. The molecule has 1 saturated heterocycles. The molecule has 30 heavy (non-hydrogen) atoms. The largest absolute Gasteiger partial charge is 0.466 e. The topological polar surface area (TPSA) is 87.7 Å². The molecular weight excluding hydrogens is 426 g/mol. The number of hydrogen-bond donors (Lipinski definition) is 2. The number of unbranched alkanes of at least 4 members (excludes halogenated alkanes) is 2. The molecule has 1 aromatic rings. The van der Waals surface area contributed by atoms with Gasteiger partial charge in [-0.15, -0.1) is 0 Å². The van der Waals surface area contributed by atoms with Crippen LogP contribution in [0.2, 0.25) is 5.02 Å². The van der Waals surface area contributed by atoms with E-state index in [1.165, 1.54) is 0 Å². The molecule has 1 aliphatic heterocycles. The Kier molecular flexibility index (Phi) is 10.0. The molecule has 0 spiro atoms. The van der Waals surface area contributed by atoms with Crippen LogP contribution in [0.4, 0.5) is 0 Å².